The summed E-state index contributed by atoms with van der Waals surface area (Å²) in [5, 5.41) is 6.56. The van der Waals surface area contributed by atoms with E-state index in [1.165, 1.54) is 6.07 Å². The van der Waals surface area contributed by atoms with Gasteiger partial charge in [-0.1, -0.05) is 12.1 Å². The van der Waals surface area contributed by atoms with E-state index in [1.54, 1.807) is 26.1 Å². The fourth-order valence-corrected chi connectivity index (χ4v) is 4.43. The normalized spacial score (nSPS) is 26.4. The lowest BCUT2D eigenvalue weighted by Gasteiger charge is -2.70. The molecule has 3 fully saturated rings. The second kappa shape index (κ2) is 5.55. The number of nitrogens with zero attached hydrogens (tertiary/aromatic N) is 1. The summed E-state index contributed by atoms with van der Waals surface area (Å²) < 4.78 is 13.8. The smallest absolute Gasteiger partial charge is 0.217 e. The first-order valence-corrected chi connectivity index (χ1v) is 8.64. The lowest BCUT2D eigenvalue weighted by Crippen LogP contribution is -2.76. The Morgan fingerprint density at radius 2 is 2.00 bits per heavy atom. The van der Waals surface area contributed by atoms with Gasteiger partial charge in [0.25, 0.3) is 0 Å². The van der Waals surface area contributed by atoms with Crippen LogP contribution < -0.4 is 10.6 Å². The second-order valence-corrected chi connectivity index (χ2v) is 7.74. The number of rotatable bonds is 5. The van der Waals surface area contributed by atoms with E-state index in [4.69, 9.17) is 0 Å². The van der Waals surface area contributed by atoms with E-state index in [2.05, 4.69) is 15.6 Å². The fraction of sp³-hybridized carbons (Fsp3) is 0.400. The van der Waals surface area contributed by atoms with Crippen molar-refractivity contribution in [3.8, 4) is 11.3 Å². The molecular formula is C20H22FN3O. The summed E-state index contributed by atoms with van der Waals surface area (Å²) in [5.41, 5.74) is 3.54. The Morgan fingerprint density at radius 3 is 2.68 bits per heavy atom. The molecule has 0 unspecified atom stereocenters. The van der Waals surface area contributed by atoms with Crippen LogP contribution in [0.15, 0.2) is 36.5 Å². The summed E-state index contributed by atoms with van der Waals surface area (Å²) in [6, 6.07) is 9.08. The van der Waals surface area contributed by atoms with Gasteiger partial charge in [-0.15, -0.1) is 0 Å². The van der Waals surface area contributed by atoms with Crippen LogP contribution in [-0.4, -0.2) is 23.0 Å². The first-order chi connectivity index (χ1) is 11.9. The van der Waals surface area contributed by atoms with E-state index in [1.807, 2.05) is 18.2 Å². The molecule has 2 bridgehead atoms. The van der Waals surface area contributed by atoms with Crippen molar-refractivity contribution < 1.29 is 9.18 Å². The standard InChI is InChI=1S/C20H22FN3O/c1-13-3-4-15(7-17(13)21)18-8-16(5-6-22-18)23-12-19-9-20(10-19,11-19)24-14(2)25/h3-8H,9-12H2,1-2H3,(H,22,23)(H,24,25). The fourth-order valence-electron chi connectivity index (χ4n) is 4.43. The highest BCUT2D eigenvalue weighted by molar-refractivity contribution is 5.74. The quantitative estimate of drug-likeness (QED) is 0.874. The van der Waals surface area contributed by atoms with Gasteiger partial charge in [0.1, 0.15) is 5.82 Å². The average molecular weight is 339 g/mol. The van der Waals surface area contributed by atoms with Gasteiger partial charge in [0.2, 0.25) is 5.91 Å². The third kappa shape index (κ3) is 2.88. The maximum atomic E-state index is 13.8. The van der Waals surface area contributed by atoms with Gasteiger partial charge in [-0.05, 0) is 55.4 Å². The second-order valence-electron chi connectivity index (χ2n) is 7.74. The van der Waals surface area contributed by atoms with Gasteiger partial charge in [0.15, 0.2) is 0 Å². The van der Waals surface area contributed by atoms with Crippen LogP contribution in [0.2, 0.25) is 0 Å². The minimum absolute atomic E-state index is 0.0605. The summed E-state index contributed by atoms with van der Waals surface area (Å²) in [4.78, 5) is 15.6. The molecule has 1 amide bonds. The van der Waals surface area contributed by atoms with Crippen molar-refractivity contribution in [2.24, 2.45) is 5.41 Å². The van der Waals surface area contributed by atoms with Crippen molar-refractivity contribution in [2.75, 3.05) is 11.9 Å². The van der Waals surface area contributed by atoms with Crippen molar-refractivity contribution in [1.29, 1.82) is 0 Å². The number of hydrogen-bond acceptors (Lipinski definition) is 3. The van der Waals surface area contributed by atoms with Gasteiger partial charge < -0.3 is 10.6 Å². The molecule has 3 saturated carbocycles. The van der Waals surface area contributed by atoms with E-state index >= 15 is 0 Å². The van der Waals surface area contributed by atoms with E-state index in [0.717, 1.165) is 42.8 Å². The van der Waals surface area contributed by atoms with Gasteiger partial charge in [-0.2, -0.15) is 0 Å². The Labute approximate surface area is 146 Å². The van der Waals surface area contributed by atoms with Crippen molar-refractivity contribution >= 4 is 11.6 Å². The highest BCUT2D eigenvalue weighted by Crippen LogP contribution is 2.67. The number of hydrogen-bond donors (Lipinski definition) is 2. The van der Waals surface area contributed by atoms with E-state index in [-0.39, 0.29) is 17.3 Å². The number of aryl methyl sites for hydroxylation is 1. The number of carbonyl (C=O) groups excluding carboxylic acids is 1. The number of pyridine rings is 1. The van der Waals surface area contributed by atoms with Crippen molar-refractivity contribution in [3.05, 3.63) is 47.9 Å². The van der Waals surface area contributed by atoms with Gasteiger partial charge in [0, 0.05) is 36.5 Å². The molecule has 5 rings (SSSR count). The zero-order valence-corrected chi connectivity index (χ0v) is 14.5. The molecule has 4 nitrogen and oxygen atoms in total. The summed E-state index contributed by atoms with van der Waals surface area (Å²) in [6.07, 6.45) is 4.89. The van der Waals surface area contributed by atoms with Gasteiger partial charge in [-0.3, -0.25) is 9.78 Å². The Balaban J connectivity index is 1.40. The lowest BCUT2D eigenvalue weighted by molar-refractivity contribution is -0.157. The molecule has 0 radical (unpaired) electrons. The molecule has 1 aromatic carbocycles. The van der Waals surface area contributed by atoms with Crippen LogP contribution in [0.5, 0.6) is 0 Å². The first-order valence-electron chi connectivity index (χ1n) is 8.64. The molecule has 0 atom stereocenters. The third-order valence-electron chi connectivity index (χ3n) is 5.48. The minimum atomic E-state index is -0.213. The number of anilines is 1. The van der Waals surface area contributed by atoms with Crippen LogP contribution in [0.1, 0.15) is 31.7 Å². The maximum Gasteiger partial charge on any atom is 0.217 e. The lowest BCUT2D eigenvalue weighted by atomic mass is 9.39. The monoisotopic (exact) mass is 339 g/mol. The van der Waals surface area contributed by atoms with E-state index < -0.39 is 0 Å². The molecule has 0 saturated heterocycles. The number of benzene rings is 1. The zero-order chi connectivity index (χ0) is 17.7. The molecule has 0 aliphatic heterocycles. The summed E-state index contributed by atoms with van der Waals surface area (Å²) >= 11 is 0. The van der Waals surface area contributed by atoms with Crippen molar-refractivity contribution in [3.63, 3.8) is 0 Å². The summed E-state index contributed by atoms with van der Waals surface area (Å²) in [7, 11) is 0. The van der Waals surface area contributed by atoms with Crippen LogP contribution in [-0.2, 0) is 4.79 Å². The summed E-state index contributed by atoms with van der Waals surface area (Å²) in [6.45, 7) is 4.22. The number of aromatic nitrogens is 1. The molecule has 3 aliphatic rings. The van der Waals surface area contributed by atoms with Crippen LogP contribution in [0.4, 0.5) is 10.1 Å². The van der Waals surface area contributed by atoms with Gasteiger partial charge in [0.05, 0.1) is 5.69 Å². The first kappa shape index (κ1) is 16.1. The van der Waals surface area contributed by atoms with Crippen molar-refractivity contribution in [2.45, 2.75) is 38.6 Å². The molecule has 25 heavy (non-hydrogen) atoms. The van der Waals surface area contributed by atoms with Gasteiger partial charge >= 0.3 is 0 Å². The SMILES string of the molecule is CC(=O)NC12CC(CNc3ccnc(-c4ccc(C)c(F)c4)c3)(C1)C2. The molecule has 0 spiro atoms. The highest BCUT2D eigenvalue weighted by Gasteiger charge is 2.67. The molecule has 2 N–H and O–H groups in total. The van der Waals surface area contributed by atoms with Crippen LogP contribution in [0, 0.1) is 18.2 Å². The van der Waals surface area contributed by atoms with E-state index in [0.29, 0.717) is 11.0 Å². The largest absolute Gasteiger partial charge is 0.384 e. The van der Waals surface area contributed by atoms with Crippen LogP contribution in [0.3, 0.4) is 0 Å². The predicted octanol–water partition coefficient (Wildman–Crippen LogP) is 3.67. The topological polar surface area (TPSA) is 54.0 Å². The minimum Gasteiger partial charge on any atom is -0.384 e. The Kier molecular flexibility index (Phi) is 3.56. The predicted molar refractivity (Wildman–Crippen MR) is 95.7 cm³/mol. The molecule has 130 valence electrons. The number of halogens is 1. The summed E-state index contributed by atoms with van der Waals surface area (Å²) in [5.74, 6) is -0.153. The van der Waals surface area contributed by atoms with Crippen molar-refractivity contribution in [1.82, 2.24) is 10.3 Å². The molecule has 1 heterocycles. The van der Waals surface area contributed by atoms with Gasteiger partial charge in [-0.25, -0.2) is 4.39 Å². The molecule has 5 heteroatoms. The number of nitrogens with one attached hydrogen (secondary N) is 2. The Bertz CT molecular complexity index is 829. The Hall–Kier alpha value is -2.43. The number of carbonyl (C=O) groups is 1. The zero-order valence-electron chi connectivity index (χ0n) is 14.5. The van der Waals surface area contributed by atoms with E-state index in [9.17, 15) is 9.18 Å². The average Bonchev–Trinajstić information content (AvgIpc) is 2.51. The van der Waals surface area contributed by atoms with Crippen LogP contribution in [0.25, 0.3) is 11.3 Å². The molecule has 1 aromatic heterocycles. The maximum absolute atomic E-state index is 13.8. The number of amides is 1. The van der Waals surface area contributed by atoms with Crippen LogP contribution >= 0.6 is 0 Å². The third-order valence-corrected chi connectivity index (χ3v) is 5.48. The molecule has 2 aromatic rings. The highest BCUT2D eigenvalue weighted by atomic mass is 19.1. The Morgan fingerprint density at radius 1 is 1.24 bits per heavy atom. The molecule has 3 aliphatic carbocycles. The molecular weight excluding hydrogens is 317 g/mol.